The predicted octanol–water partition coefficient (Wildman–Crippen LogP) is 5.33. The predicted molar refractivity (Wildman–Crippen MR) is 125 cm³/mol. The van der Waals surface area contributed by atoms with Gasteiger partial charge in [-0.05, 0) is 61.4 Å². The molecule has 1 amide bonds. The zero-order chi connectivity index (χ0) is 21.8. The fraction of sp³-hybridized carbons (Fsp3) is 0.130. The lowest BCUT2D eigenvalue weighted by atomic mass is 10.2. The second-order valence-corrected chi connectivity index (χ2v) is 8.32. The van der Waals surface area contributed by atoms with Crippen LogP contribution < -0.4 is 5.32 Å². The van der Waals surface area contributed by atoms with Crippen molar-refractivity contribution in [3.63, 3.8) is 0 Å². The Kier molecular flexibility index (Phi) is 6.34. The van der Waals surface area contributed by atoms with Crippen LogP contribution in [0.25, 0.3) is 17.1 Å². The lowest BCUT2D eigenvalue weighted by Crippen LogP contribution is -2.14. The van der Waals surface area contributed by atoms with E-state index in [1.807, 2.05) is 73.0 Å². The number of hydrogen-bond acceptors (Lipinski definition) is 5. The van der Waals surface area contributed by atoms with Gasteiger partial charge in [-0.15, -0.1) is 10.2 Å². The topological polar surface area (TPSA) is 72.7 Å². The summed E-state index contributed by atoms with van der Waals surface area (Å²) >= 11 is 7.70. The number of nitrogens with zero attached hydrogens (tertiary/aromatic N) is 4. The Morgan fingerprint density at radius 3 is 2.61 bits per heavy atom. The summed E-state index contributed by atoms with van der Waals surface area (Å²) in [6.07, 6.45) is 3.42. The molecule has 4 aromatic rings. The molecular weight excluding hydrogens is 430 g/mol. The number of halogens is 1. The highest BCUT2D eigenvalue weighted by Gasteiger charge is 2.19. The van der Waals surface area contributed by atoms with Crippen LogP contribution in [-0.4, -0.2) is 31.4 Å². The van der Waals surface area contributed by atoms with Gasteiger partial charge in [-0.2, -0.15) is 0 Å². The van der Waals surface area contributed by atoms with E-state index in [9.17, 15) is 4.79 Å². The van der Waals surface area contributed by atoms with Crippen LogP contribution >= 0.6 is 23.4 Å². The lowest BCUT2D eigenvalue weighted by Gasteiger charge is -2.14. The van der Waals surface area contributed by atoms with Gasteiger partial charge in [0, 0.05) is 28.7 Å². The number of amides is 1. The van der Waals surface area contributed by atoms with Gasteiger partial charge in [-0.1, -0.05) is 41.6 Å². The summed E-state index contributed by atoms with van der Waals surface area (Å²) in [6, 6.07) is 17.2. The fourth-order valence-electron chi connectivity index (χ4n) is 3.16. The number of pyridine rings is 1. The highest BCUT2D eigenvalue weighted by Crippen LogP contribution is 2.31. The van der Waals surface area contributed by atoms with Crippen molar-refractivity contribution in [1.29, 1.82) is 0 Å². The van der Waals surface area contributed by atoms with Crippen LogP contribution in [0.15, 0.2) is 72.1 Å². The van der Waals surface area contributed by atoms with Crippen LogP contribution in [-0.2, 0) is 4.79 Å². The molecule has 31 heavy (non-hydrogen) atoms. The number of carbonyl (C=O) groups excluding carboxylic acids is 1. The van der Waals surface area contributed by atoms with Crippen molar-refractivity contribution in [2.75, 3.05) is 11.1 Å². The first-order valence-electron chi connectivity index (χ1n) is 9.63. The summed E-state index contributed by atoms with van der Waals surface area (Å²) in [5, 5.41) is 12.9. The van der Waals surface area contributed by atoms with E-state index in [4.69, 9.17) is 11.6 Å². The minimum absolute atomic E-state index is 0.113. The van der Waals surface area contributed by atoms with E-state index in [0.717, 1.165) is 28.1 Å². The summed E-state index contributed by atoms with van der Waals surface area (Å²) in [5.74, 6) is 0.745. The summed E-state index contributed by atoms with van der Waals surface area (Å²) in [6.45, 7) is 3.94. The average Bonchev–Trinajstić information content (AvgIpc) is 3.18. The van der Waals surface area contributed by atoms with Crippen molar-refractivity contribution in [1.82, 2.24) is 19.7 Å². The molecule has 2 heterocycles. The molecule has 0 spiro atoms. The summed E-state index contributed by atoms with van der Waals surface area (Å²) in [4.78, 5) is 16.6. The molecule has 0 radical (unpaired) electrons. The Hall–Kier alpha value is -3.16. The maximum Gasteiger partial charge on any atom is 0.234 e. The van der Waals surface area contributed by atoms with Crippen LogP contribution in [0.5, 0.6) is 0 Å². The quantitative estimate of drug-likeness (QED) is 0.403. The second-order valence-electron chi connectivity index (χ2n) is 6.97. The summed E-state index contributed by atoms with van der Waals surface area (Å²) in [7, 11) is 0. The number of hydrogen-bond donors (Lipinski definition) is 1. The molecule has 0 bridgehead atoms. The molecular formula is C23H20ClN5OS. The third-order valence-corrected chi connectivity index (χ3v) is 6.02. The van der Waals surface area contributed by atoms with Crippen LogP contribution in [0, 0.1) is 13.8 Å². The third kappa shape index (κ3) is 4.78. The largest absolute Gasteiger partial charge is 0.325 e. The van der Waals surface area contributed by atoms with E-state index in [2.05, 4.69) is 20.5 Å². The number of nitrogens with one attached hydrogen (secondary N) is 1. The number of rotatable bonds is 6. The van der Waals surface area contributed by atoms with E-state index >= 15 is 0 Å². The SMILES string of the molecule is Cc1cccc(NC(=O)CSc2nnc(-c3ccncc3)n2-c2cccc(Cl)c2C)c1. The van der Waals surface area contributed by atoms with Crippen LogP contribution in [0.1, 0.15) is 11.1 Å². The first-order valence-corrected chi connectivity index (χ1v) is 11.0. The van der Waals surface area contributed by atoms with E-state index in [1.54, 1.807) is 12.4 Å². The molecule has 0 aliphatic rings. The lowest BCUT2D eigenvalue weighted by molar-refractivity contribution is -0.113. The van der Waals surface area contributed by atoms with Crippen molar-refractivity contribution in [3.05, 3.63) is 83.1 Å². The molecule has 1 N–H and O–H groups in total. The second kappa shape index (κ2) is 9.32. The zero-order valence-corrected chi connectivity index (χ0v) is 18.6. The smallest absolute Gasteiger partial charge is 0.234 e. The van der Waals surface area contributed by atoms with Gasteiger partial charge in [0.05, 0.1) is 11.4 Å². The maximum absolute atomic E-state index is 12.5. The Morgan fingerprint density at radius 1 is 1.06 bits per heavy atom. The number of anilines is 1. The van der Waals surface area contributed by atoms with Gasteiger partial charge in [0.15, 0.2) is 11.0 Å². The molecule has 2 aromatic heterocycles. The van der Waals surface area contributed by atoms with E-state index in [-0.39, 0.29) is 11.7 Å². The van der Waals surface area contributed by atoms with Gasteiger partial charge in [-0.3, -0.25) is 14.3 Å². The Morgan fingerprint density at radius 2 is 1.84 bits per heavy atom. The van der Waals surface area contributed by atoms with Gasteiger partial charge in [0.25, 0.3) is 0 Å². The van der Waals surface area contributed by atoms with Crippen LogP contribution in [0.3, 0.4) is 0 Å². The molecule has 6 nitrogen and oxygen atoms in total. The Bertz CT molecular complexity index is 1230. The Labute approximate surface area is 189 Å². The highest BCUT2D eigenvalue weighted by atomic mass is 35.5. The first kappa shape index (κ1) is 21.1. The molecule has 0 unspecified atom stereocenters. The minimum atomic E-state index is -0.113. The van der Waals surface area contributed by atoms with Gasteiger partial charge < -0.3 is 5.32 Å². The fourth-order valence-corrected chi connectivity index (χ4v) is 4.07. The number of carbonyl (C=O) groups is 1. The molecule has 0 atom stereocenters. The number of thioether (sulfide) groups is 1. The van der Waals surface area contributed by atoms with Crippen molar-refractivity contribution in [2.45, 2.75) is 19.0 Å². The van der Waals surface area contributed by atoms with Gasteiger partial charge >= 0.3 is 0 Å². The molecule has 0 saturated heterocycles. The minimum Gasteiger partial charge on any atom is -0.325 e. The number of aromatic nitrogens is 4. The molecule has 4 rings (SSSR count). The summed E-state index contributed by atoms with van der Waals surface area (Å²) in [5.41, 5.74) is 4.51. The van der Waals surface area contributed by atoms with E-state index in [1.165, 1.54) is 11.8 Å². The molecule has 0 aliphatic heterocycles. The van der Waals surface area contributed by atoms with Gasteiger partial charge in [0.1, 0.15) is 0 Å². The van der Waals surface area contributed by atoms with Crippen molar-refractivity contribution >= 4 is 35.0 Å². The number of aryl methyl sites for hydroxylation is 1. The number of benzene rings is 2. The van der Waals surface area contributed by atoms with Crippen LogP contribution in [0.4, 0.5) is 5.69 Å². The van der Waals surface area contributed by atoms with E-state index < -0.39 is 0 Å². The molecule has 2 aromatic carbocycles. The highest BCUT2D eigenvalue weighted by molar-refractivity contribution is 7.99. The Balaban J connectivity index is 1.64. The molecule has 0 aliphatic carbocycles. The van der Waals surface area contributed by atoms with Crippen molar-refractivity contribution in [2.24, 2.45) is 0 Å². The monoisotopic (exact) mass is 449 g/mol. The molecule has 0 saturated carbocycles. The molecule has 0 fully saturated rings. The first-order chi connectivity index (χ1) is 15.0. The third-order valence-electron chi connectivity index (χ3n) is 4.69. The maximum atomic E-state index is 12.5. The average molecular weight is 450 g/mol. The standard InChI is InChI=1S/C23H20ClN5OS/c1-15-5-3-6-18(13-15)26-21(30)14-31-23-28-27-22(17-9-11-25-12-10-17)29(23)20-8-4-7-19(24)16(20)2/h3-13H,14H2,1-2H3,(H,26,30). The molecule has 8 heteroatoms. The van der Waals surface area contributed by atoms with Gasteiger partial charge in [-0.25, -0.2) is 0 Å². The van der Waals surface area contributed by atoms with Crippen molar-refractivity contribution in [3.8, 4) is 17.1 Å². The van der Waals surface area contributed by atoms with Crippen molar-refractivity contribution < 1.29 is 4.79 Å². The normalized spacial score (nSPS) is 10.8. The summed E-state index contributed by atoms with van der Waals surface area (Å²) < 4.78 is 1.93. The van der Waals surface area contributed by atoms with Gasteiger partial charge in [0.2, 0.25) is 5.91 Å². The zero-order valence-electron chi connectivity index (χ0n) is 17.0. The van der Waals surface area contributed by atoms with E-state index in [0.29, 0.717) is 16.0 Å². The van der Waals surface area contributed by atoms with Crippen LogP contribution in [0.2, 0.25) is 5.02 Å². The molecule has 156 valence electrons.